The van der Waals surface area contributed by atoms with Crippen molar-refractivity contribution < 1.29 is 23.1 Å². The Morgan fingerprint density at radius 3 is 2.62 bits per heavy atom. The molecular formula is C18H22O5S. The van der Waals surface area contributed by atoms with E-state index in [-0.39, 0.29) is 11.3 Å². The van der Waals surface area contributed by atoms with Crippen LogP contribution in [-0.4, -0.2) is 31.9 Å². The molecule has 0 saturated heterocycles. The number of ether oxygens (including phenoxy) is 1. The van der Waals surface area contributed by atoms with Gasteiger partial charge >= 0.3 is 5.97 Å². The highest BCUT2D eigenvalue weighted by Crippen LogP contribution is 2.32. The van der Waals surface area contributed by atoms with Crippen molar-refractivity contribution in [3.63, 3.8) is 0 Å². The molecule has 5 nitrogen and oxygen atoms in total. The molecule has 2 atom stereocenters. The fourth-order valence-electron chi connectivity index (χ4n) is 2.90. The summed E-state index contributed by atoms with van der Waals surface area (Å²) in [6.45, 7) is 3.64. The predicted octanol–water partition coefficient (Wildman–Crippen LogP) is 2.98. The lowest BCUT2D eigenvalue weighted by atomic mass is 9.96. The molecule has 0 radical (unpaired) electrons. The highest BCUT2D eigenvalue weighted by atomic mass is 32.2. The van der Waals surface area contributed by atoms with E-state index in [2.05, 4.69) is 6.58 Å². The van der Waals surface area contributed by atoms with Gasteiger partial charge in [-0.25, -0.2) is 8.42 Å². The maximum absolute atomic E-state index is 12.9. The second-order valence-electron chi connectivity index (χ2n) is 5.80. The van der Waals surface area contributed by atoms with Crippen molar-refractivity contribution in [1.82, 2.24) is 0 Å². The average Bonchev–Trinajstić information content (AvgIpc) is 2.59. The number of methoxy groups -OCH3 is 1. The second kappa shape index (κ2) is 7.66. The van der Waals surface area contributed by atoms with Crippen LogP contribution in [0.15, 0.2) is 47.9 Å². The summed E-state index contributed by atoms with van der Waals surface area (Å²) in [5, 5.41) is 8.48. The third-order valence-electron chi connectivity index (χ3n) is 4.27. The van der Waals surface area contributed by atoms with Gasteiger partial charge in [0.1, 0.15) is 5.75 Å². The summed E-state index contributed by atoms with van der Waals surface area (Å²) in [6, 6.07) is 7.13. The molecule has 1 aromatic carbocycles. The van der Waals surface area contributed by atoms with Crippen molar-refractivity contribution in [3.8, 4) is 5.75 Å². The highest BCUT2D eigenvalue weighted by molar-refractivity contribution is 7.96. The van der Waals surface area contributed by atoms with Crippen LogP contribution < -0.4 is 4.74 Å². The second-order valence-corrected chi connectivity index (χ2v) is 7.97. The van der Waals surface area contributed by atoms with E-state index in [0.717, 1.165) is 5.56 Å². The zero-order chi connectivity index (χ0) is 17.7. The van der Waals surface area contributed by atoms with Gasteiger partial charge in [0.15, 0.2) is 9.84 Å². The van der Waals surface area contributed by atoms with Crippen molar-refractivity contribution in [2.45, 2.75) is 30.9 Å². The molecule has 0 saturated carbocycles. The number of hydrogen-bond acceptors (Lipinski definition) is 4. The molecular weight excluding hydrogens is 328 g/mol. The Kier molecular flexibility index (Phi) is 5.83. The molecule has 0 fully saturated rings. The largest absolute Gasteiger partial charge is 0.497 e. The lowest BCUT2D eigenvalue weighted by Gasteiger charge is -2.24. The number of allylic oxidation sites excluding steroid dienone is 1. The van der Waals surface area contributed by atoms with E-state index in [9.17, 15) is 18.3 Å². The average molecular weight is 350 g/mol. The van der Waals surface area contributed by atoms with Crippen LogP contribution >= 0.6 is 0 Å². The Hall–Kier alpha value is -2.08. The van der Waals surface area contributed by atoms with Gasteiger partial charge in [0, 0.05) is 0 Å². The monoisotopic (exact) mass is 350 g/mol. The topological polar surface area (TPSA) is 80.7 Å². The third kappa shape index (κ3) is 3.87. The first-order valence-electron chi connectivity index (χ1n) is 7.82. The molecule has 130 valence electrons. The molecule has 2 rings (SSSR count). The van der Waals surface area contributed by atoms with Crippen LogP contribution in [0.1, 0.15) is 24.8 Å². The molecule has 1 aromatic rings. The summed E-state index contributed by atoms with van der Waals surface area (Å²) in [6.07, 6.45) is 4.82. The van der Waals surface area contributed by atoms with Crippen LogP contribution in [0.25, 0.3) is 0 Å². The van der Waals surface area contributed by atoms with E-state index >= 15 is 0 Å². The lowest BCUT2D eigenvalue weighted by molar-refractivity contribution is -0.140. The molecule has 1 N–H and O–H groups in total. The molecule has 24 heavy (non-hydrogen) atoms. The molecule has 0 spiro atoms. The van der Waals surface area contributed by atoms with E-state index < -0.39 is 27.0 Å². The van der Waals surface area contributed by atoms with Gasteiger partial charge in [-0.1, -0.05) is 24.3 Å². The van der Waals surface area contributed by atoms with Crippen molar-refractivity contribution in [3.05, 3.63) is 53.5 Å². The maximum Gasteiger partial charge on any atom is 0.311 e. The Balaban J connectivity index is 2.28. The Labute approximate surface area is 142 Å². The van der Waals surface area contributed by atoms with Gasteiger partial charge in [-0.3, -0.25) is 4.79 Å². The molecule has 0 heterocycles. The Morgan fingerprint density at radius 1 is 1.42 bits per heavy atom. The van der Waals surface area contributed by atoms with Crippen LogP contribution in [-0.2, 0) is 21.1 Å². The normalized spacial score (nSPS) is 19.2. The molecule has 0 aromatic heterocycles. The summed E-state index contributed by atoms with van der Waals surface area (Å²) in [5.41, 5.74) is 0.826. The van der Waals surface area contributed by atoms with Gasteiger partial charge in [-0.2, -0.15) is 0 Å². The number of rotatable bonds is 7. The fraction of sp³-hybridized carbons (Fsp3) is 0.389. The van der Waals surface area contributed by atoms with Crippen molar-refractivity contribution in [2.75, 3.05) is 7.11 Å². The van der Waals surface area contributed by atoms with Gasteiger partial charge in [-0.05, 0) is 43.4 Å². The van der Waals surface area contributed by atoms with Gasteiger partial charge in [-0.15, -0.1) is 6.58 Å². The van der Waals surface area contributed by atoms with Gasteiger partial charge in [0.05, 0.1) is 23.2 Å². The smallest absolute Gasteiger partial charge is 0.311 e. The minimum atomic E-state index is -3.75. The van der Waals surface area contributed by atoms with Gasteiger partial charge < -0.3 is 9.84 Å². The van der Waals surface area contributed by atoms with Gasteiger partial charge in [0.25, 0.3) is 0 Å². The summed E-state index contributed by atoms with van der Waals surface area (Å²) < 4.78 is 31.0. The minimum Gasteiger partial charge on any atom is -0.497 e. The van der Waals surface area contributed by atoms with Crippen LogP contribution in [0, 0.1) is 5.92 Å². The van der Waals surface area contributed by atoms with Crippen molar-refractivity contribution in [2.24, 2.45) is 5.92 Å². The first kappa shape index (κ1) is 18.3. The zero-order valence-corrected chi connectivity index (χ0v) is 14.5. The maximum atomic E-state index is 12.9. The molecule has 0 aliphatic heterocycles. The number of benzene rings is 1. The first-order chi connectivity index (χ1) is 11.4. The van der Waals surface area contributed by atoms with Crippen molar-refractivity contribution >= 4 is 15.8 Å². The SMILES string of the molecule is C=CC(Cc1ccc(OC)cc1)S(=O)(=O)C1=CCCCC1C(=O)O. The van der Waals surface area contributed by atoms with E-state index in [1.807, 2.05) is 0 Å². The Bertz CT molecular complexity index is 731. The number of aliphatic carboxylic acids is 1. The number of sulfone groups is 1. The Morgan fingerprint density at radius 2 is 2.08 bits per heavy atom. The summed E-state index contributed by atoms with van der Waals surface area (Å²) >= 11 is 0. The summed E-state index contributed by atoms with van der Waals surface area (Å²) in [4.78, 5) is 11.4. The lowest BCUT2D eigenvalue weighted by Crippen LogP contribution is -2.31. The number of carboxylic acid groups (broad SMARTS) is 1. The van der Waals surface area contributed by atoms with Crippen LogP contribution in [0.4, 0.5) is 0 Å². The highest BCUT2D eigenvalue weighted by Gasteiger charge is 2.37. The molecule has 0 amide bonds. The van der Waals surface area contributed by atoms with E-state index in [1.165, 1.54) is 6.08 Å². The van der Waals surface area contributed by atoms with E-state index in [1.54, 1.807) is 37.5 Å². The van der Waals surface area contributed by atoms with Crippen LogP contribution in [0.2, 0.25) is 0 Å². The van der Waals surface area contributed by atoms with E-state index in [4.69, 9.17) is 4.74 Å². The summed E-state index contributed by atoms with van der Waals surface area (Å²) in [5.74, 6) is -1.35. The molecule has 6 heteroatoms. The first-order valence-corrected chi connectivity index (χ1v) is 9.37. The standard InChI is InChI=1S/C18H22O5S/c1-3-15(12-13-8-10-14(23-2)11-9-13)24(21,22)17-7-5-4-6-16(17)18(19)20/h3,7-11,15-16H,1,4-6,12H2,2H3,(H,19,20). The van der Waals surface area contributed by atoms with Gasteiger partial charge in [0.2, 0.25) is 0 Å². The van der Waals surface area contributed by atoms with Crippen LogP contribution in [0.5, 0.6) is 5.75 Å². The zero-order valence-electron chi connectivity index (χ0n) is 13.6. The fourth-order valence-corrected chi connectivity index (χ4v) is 4.88. The molecule has 1 aliphatic carbocycles. The molecule has 0 bridgehead atoms. The van der Waals surface area contributed by atoms with Crippen molar-refractivity contribution in [1.29, 1.82) is 0 Å². The minimum absolute atomic E-state index is 0.0275. The molecule has 2 unspecified atom stereocenters. The number of hydrogen-bond donors (Lipinski definition) is 1. The quantitative estimate of drug-likeness (QED) is 0.765. The number of carboxylic acids is 1. The third-order valence-corrected chi connectivity index (χ3v) is 6.53. The predicted molar refractivity (Wildman–Crippen MR) is 92.7 cm³/mol. The molecule has 1 aliphatic rings. The van der Waals surface area contributed by atoms with E-state index in [0.29, 0.717) is 25.0 Å². The summed E-state index contributed by atoms with van der Waals surface area (Å²) in [7, 11) is -2.19. The van der Waals surface area contributed by atoms with Crippen LogP contribution in [0.3, 0.4) is 0 Å². The number of carbonyl (C=O) groups is 1.